The van der Waals surface area contributed by atoms with E-state index in [-0.39, 0.29) is 0 Å². The lowest BCUT2D eigenvalue weighted by Crippen LogP contribution is -2.01. The van der Waals surface area contributed by atoms with Gasteiger partial charge in [0, 0.05) is 5.38 Å². The molecule has 0 atom stereocenters. The molecule has 1 N–H and O–H groups in total. The Labute approximate surface area is 102 Å². The van der Waals surface area contributed by atoms with Gasteiger partial charge in [-0.1, -0.05) is 11.6 Å². The van der Waals surface area contributed by atoms with E-state index in [1.165, 1.54) is 17.4 Å². The number of nitriles is 1. The molecule has 0 aromatic carbocycles. The highest BCUT2D eigenvalue weighted by Gasteiger charge is 2.01. The highest BCUT2D eigenvalue weighted by Crippen LogP contribution is 2.14. The van der Waals surface area contributed by atoms with Crippen molar-refractivity contribution >= 4 is 28.8 Å². The lowest BCUT2D eigenvalue weighted by Gasteiger charge is -2.04. The van der Waals surface area contributed by atoms with Crippen LogP contribution in [-0.2, 0) is 6.54 Å². The van der Waals surface area contributed by atoms with Gasteiger partial charge in [0.25, 0.3) is 0 Å². The molecule has 2 aromatic heterocycles. The van der Waals surface area contributed by atoms with Crippen LogP contribution in [0.4, 0.5) is 5.82 Å². The summed E-state index contributed by atoms with van der Waals surface area (Å²) >= 11 is 7.31. The van der Waals surface area contributed by atoms with E-state index in [1.807, 2.05) is 11.4 Å². The van der Waals surface area contributed by atoms with Gasteiger partial charge in [0.2, 0.25) is 0 Å². The quantitative estimate of drug-likeness (QED) is 0.851. The van der Waals surface area contributed by atoms with Gasteiger partial charge in [0.1, 0.15) is 11.0 Å². The third-order valence-corrected chi connectivity index (χ3v) is 2.69. The molecular weight excluding hydrogens is 244 g/mol. The van der Waals surface area contributed by atoms with Crippen LogP contribution in [0.3, 0.4) is 0 Å². The molecule has 0 aliphatic carbocycles. The summed E-state index contributed by atoms with van der Waals surface area (Å²) in [7, 11) is 0. The number of rotatable bonds is 3. The molecule has 0 saturated carbocycles. The van der Waals surface area contributed by atoms with E-state index < -0.39 is 0 Å². The second-order valence-electron chi connectivity index (χ2n) is 3.01. The molecule has 0 radical (unpaired) electrons. The van der Waals surface area contributed by atoms with Crippen molar-refractivity contribution in [2.24, 2.45) is 0 Å². The number of anilines is 1. The molecule has 0 aliphatic rings. The molecule has 0 spiro atoms. The predicted molar refractivity (Wildman–Crippen MR) is 63.4 cm³/mol. The zero-order valence-electron chi connectivity index (χ0n) is 8.14. The molecule has 0 bridgehead atoms. The maximum absolute atomic E-state index is 8.76. The molecule has 0 aliphatic heterocycles. The monoisotopic (exact) mass is 250 g/mol. The van der Waals surface area contributed by atoms with Crippen molar-refractivity contribution in [1.29, 1.82) is 5.26 Å². The lowest BCUT2D eigenvalue weighted by molar-refractivity contribution is 1.05. The van der Waals surface area contributed by atoms with Crippen molar-refractivity contribution in [3.63, 3.8) is 0 Å². The minimum atomic E-state index is 0.305. The number of nitrogens with zero attached hydrogens (tertiary/aromatic N) is 3. The SMILES string of the molecule is N#Cc1cc(Cl)nc(NCc2cscn2)c1. The second-order valence-corrected chi connectivity index (χ2v) is 4.11. The van der Waals surface area contributed by atoms with Crippen LogP contribution in [0.5, 0.6) is 0 Å². The smallest absolute Gasteiger partial charge is 0.132 e. The molecule has 4 nitrogen and oxygen atoms in total. The minimum Gasteiger partial charge on any atom is -0.364 e. The summed E-state index contributed by atoms with van der Waals surface area (Å²) in [5, 5.41) is 14.1. The van der Waals surface area contributed by atoms with E-state index in [2.05, 4.69) is 15.3 Å². The summed E-state index contributed by atoms with van der Waals surface area (Å²) in [6, 6.07) is 5.20. The molecular formula is C10H7ClN4S. The minimum absolute atomic E-state index is 0.305. The Kier molecular flexibility index (Phi) is 3.34. The van der Waals surface area contributed by atoms with E-state index in [4.69, 9.17) is 16.9 Å². The number of hydrogen-bond acceptors (Lipinski definition) is 5. The van der Waals surface area contributed by atoms with Crippen molar-refractivity contribution in [1.82, 2.24) is 9.97 Å². The lowest BCUT2D eigenvalue weighted by atomic mass is 10.3. The molecule has 0 fully saturated rings. The Morgan fingerprint density at radius 3 is 3.06 bits per heavy atom. The van der Waals surface area contributed by atoms with Crippen LogP contribution in [0, 0.1) is 11.3 Å². The van der Waals surface area contributed by atoms with Gasteiger partial charge in [-0.3, -0.25) is 0 Å². The zero-order chi connectivity index (χ0) is 11.4. The Morgan fingerprint density at radius 2 is 2.38 bits per heavy atom. The first kappa shape index (κ1) is 10.9. The third kappa shape index (κ3) is 2.69. The molecule has 0 amide bonds. The van der Waals surface area contributed by atoms with Gasteiger partial charge < -0.3 is 5.32 Å². The molecule has 0 unspecified atom stereocenters. The Balaban J connectivity index is 2.10. The number of hydrogen-bond donors (Lipinski definition) is 1. The average Bonchev–Trinajstić information content (AvgIpc) is 2.78. The van der Waals surface area contributed by atoms with Crippen molar-refractivity contribution in [2.45, 2.75) is 6.54 Å². The fourth-order valence-corrected chi connectivity index (χ4v) is 1.92. The molecule has 2 rings (SSSR count). The van der Waals surface area contributed by atoms with Crippen molar-refractivity contribution in [3.8, 4) is 6.07 Å². The average molecular weight is 251 g/mol. The molecule has 16 heavy (non-hydrogen) atoms. The van der Waals surface area contributed by atoms with E-state index in [1.54, 1.807) is 11.6 Å². The predicted octanol–water partition coefficient (Wildman–Crippen LogP) is 2.68. The molecule has 0 saturated heterocycles. The van der Waals surface area contributed by atoms with E-state index in [0.717, 1.165) is 5.69 Å². The number of thiazole rings is 1. The maximum atomic E-state index is 8.76. The number of nitrogens with one attached hydrogen (secondary N) is 1. The van der Waals surface area contributed by atoms with Gasteiger partial charge in [0.05, 0.1) is 29.4 Å². The van der Waals surface area contributed by atoms with Gasteiger partial charge in [-0.05, 0) is 12.1 Å². The van der Waals surface area contributed by atoms with Crippen LogP contribution < -0.4 is 5.32 Å². The van der Waals surface area contributed by atoms with Gasteiger partial charge >= 0.3 is 0 Å². The second kappa shape index (κ2) is 4.92. The molecule has 2 heterocycles. The molecule has 2 aromatic rings. The molecule has 80 valence electrons. The van der Waals surface area contributed by atoms with Gasteiger partial charge in [0.15, 0.2) is 0 Å². The van der Waals surface area contributed by atoms with Gasteiger partial charge in [-0.15, -0.1) is 11.3 Å². The Bertz CT molecular complexity index is 518. The van der Waals surface area contributed by atoms with Crippen molar-refractivity contribution in [2.75, 3.05) is 5.32 Å². The van der Waals surface area contributed by atoms with Crippen LogP contribution in [-0.4, -0.2) is 9.97 Å². The fourth-order valence-electron chi connectivity index (χ4n) is 1.16. The summed E-state index contributed by atoms with van der Waals surface area (Å²) in [6.45, 7) is 0.571. The van der Waals surface area contributed by atoms with Crippen LogP contribution >= 0.6 is 22.9 Å². The van der Waals surface area contributed by atoms with Crippen molar-refractivity contribution in [3.05, 3.63) is 39.4 Å². The van der Waals surface area contributed by atoms with Gasteiger partial charge in [-0.25, -0.2) is 9.97 Å². The zero-order valence-corrected chi connectivity index (χ0v) is 9.72. The first-order valence-corrected chi connectivity index (χ1v) is 5.78. The standard InChI is InChI=1S/C10H7ClN4S/c11-9-1-7(3-12)2-10(15-9)13-4-8-5-16-6-14-8/h1-2,5-6H,4H2,(H,13,15). The maximum Gasteiger partial charge on any atom is 0.132 e. The highest BCUT2D eigenvalue weighted by molar-refractivity contribution is 7.07. The first-order chi connectivity index (χ1) is 7.78. The van der Waals surface area contributed by atoms with E-state index in [0.29, 0.717) is 23.1 Å². The summed E-state index contributed by atoms with van der Waals surface area (Å²) in [6.07, 6.45) is 0. The van der Waals surface area contributed by atoms with Gasteiger partial charge in [-0.2, -0.15) is 5.26 Å². The normalized spacial score (nSPS) is 9.75. The van der Waals surface area contributed by atoms with Crippen LogP contribution in [0.15, 0.2) is 23.0 Å². The third-order valence-electron chi connectivity index (χ3n) is 1.86. The Hall–Kier alpha value is -1.64. The summed E-state index contributed by atoms with van der Waals surface area (Å²) in [5.74, 6) is 0.581. The highest BCUT2D eigenvalue weighted by atomic mass is 35.5. The topological polar surface area (TPSA) is 61.6 Å². The summed E-state index contributed by atoms with van der Waals surface area (Å²) in [4.78, 5) is 8.19. The first-order valence-electron chi connectivity index (χ1n) is 4.46. The van der Waals surface area contributed by atoms with E-state index >= 15 is 0 Å². The fraction of sp³-hybridized carbons (Fsp3) is 0.100. The molecule has 6 heteroatoms. The van der Waals surface area contributed by atoms with E-state index in [9.17, 15) is 0 Å². The largest absolute Gasteiger partial charge is 0.364 e. The van der Waals surface area contributed by atoms with Crippen LogP contribution in [0.1, 0.15) is 11.3 Å². The number of pyridine rings is 1. The summed E-state index contributed by atoms with van der Waals surface area (Å²) in [5.41, 5.74) is 3.19. The number of aromatic nitrogens is 2. The number of halogens is 1. The van der Waals surface area contributed by atoms with Crippen molar-refractivity contribution < 1.29 is 0 Å². The Morgan fingerprint density at radius 1 is 1.50 bits per heavy atom. The van der Waals surface area contributed by atoms with Crippen LogP contribution in [0.2, 0.25) is 5.15 Å². The van der Waals surface area contributed by atoms with Crippen LogP contribution in [0.25, 0.3) is 0 Å². The summed E-state index contributed by atoms with van der Waals surface area (Å²) < 4.78 is 0.